The molecule has 3 aromatic rings. The van der Waals surface area contributed by atoms with Crippen molar-refractivity contribution in [3.05, 3.63) is 72.3 Å². The molecular formula is C18H15F3N4O2. The first kappa shape index (κ1) is 18.4. The normalized spacial score (nSPS) is 11.2. The van der Waals surface area contributed by atoms with Crippen LogP contribution in [0.4, 0.5) is 18.9 Å². The number of amides is 1. The van der Waals surface area contributed by atoms with E-state index in [1.54, 1.807) is 36.5 Å². The van der Waals surface area contributed by atoms with Gasteiger partial charge in [0.15, 0.2) is 5.69 Å². The average Bonchev–Trinajstić information content (AvgIpc) is 3.10. The molecule has 0 saturated heterocycles. The van der Waals surface area contributed by atoms with Gasteiger partial charge < -0.3 is 10.1 Å². The Balaban J connectivity index is 1.57. The number of aromatic nitrogens is 3. The highest BCUT2D eigenvalue weighted by Gasteiger charge is 2.33. The van der Waals surface area contributed by atoms with Crippen LogP contribution in [0.1, 0.15) is 11.4 Å². The largest absolute Gasteiger partial charge is 0.487 e. The predicted octanol–water partition coefficient (Wildman–Crippen LogP) is 3.51. The summed E-state index contributed by atoms with van der Waals surface area (Å²) in [7, 11) is 0. The van der Waals surface area contributed by atoms with E-state index in [2.05, 4.69) is 15.4 Å². The molecule has 6 nitrogen and oxygen atoms in total. The number of carbonyl (C=O) groups excluding carboxylic acids is 1. The topological polar surface area (TPSA) is 69.0 Å². The van der Waals surface area contributed by atoms with Gasteiger partial charge in [0, 0.05) is 24.1 Å². The summed E-state index contributed by atoms with van der Waals surface area (Å²) < 4.78 is 44.1. The Morgan fingerprint density at radius 2 is 2.00 bits per heavy atom. The minimum atomic E-state index is -4.54. The van der Waals surface area contributed by atoms with E-state index in [0.717, 1.165) is 22.6 Å². The van der Waals surface area contributed by atoms with Crippen LogP contribution < -0.4 is 10.1 Å². The number of anilines is 1. The van der Waals surface area contributed by atoms with Gasteiger partial charge in [-0.25, -0.2) is 0 Å². The number of halogens is 3. The van der Waals surface area contributed by atoms with Gasteiger partial charge >= 0.3 is 6.18 Å². The van der Waals surface area contributed by atoms with Gasteiger partial charge in [-0.2, -0.15) is 18.3 Å². The summed E-state index contributed by atoms with van der Waals surface area (Å²) >= 11 is 0. The van der Waals surface area contributed by atoms with Crippen molar-refractivity contribution in [2.24, 2.45) is 0 Å². The van der Waals surface area contributed by atoms with E-state index in [4.69, 9.17) is 4.74 Å². The fourth-order valence-electron chi connectivity index (χ4n) is 2.25. The molecule has 0 bridgehead atoms. The number of hydrogen-bond donors (Lipinski definition) is 1. The fraction of sp³-hybridized carbons (Fsp3) is 0.167. The maximum absolute atomic E-state index is 12.5. The second kappa shape index (κ2) is 7.90. The molecule has 0 spiro atoms. The van der Waals surface area contributed by atoms with E-state index in [1.807, 2.05) is 12.1 Å². The van der Waals surface area contributed by atoms with Gasteiger partial charge in [0.05, 0.1) is 5.69 Å². The molecule has 9 heteroatoms. The standard InChI is InChI=1S/C18H15F3N4O2/c19-18(20,21)16-7-9-25(24-16)11-17(26)23-13-5-3-6-15(10-13)27-12-14-4-1-2-8-22-14/h1-10H,11-12H2,(H,23,26). The highest BCUT2D eigenvalue weighted by atomic mass is 19.4. The Kier molecular flexibility index (Phi) is 5.39. The molecule has 0 aliphatic heterocycles. The average molecular weight is 376 g/mol. The zero-order chi connectivity index (χ0) is 19.3. The Morgan fingerprint density at radius 3 is 2.70 bits per heavy atom. The smallest absolute Gasteiger partial charge is 0.435 e. The zero-order valence-electron chi connectivity index (χ0n) is 14.0. The van der Waals surface area contributed by atoms with Gasteiger partial charge in [0.25, 0.3) is 0 Å². The van der Waals surface area contributed by atoms with E-state index in [1.165, 1.54) is 0 Å². The monoisotopic (exact) mass is 376 g/mol. The van der Waals surface area contributed by atoms with Crippen LogP contribution in [0.2, 0.25) is 0 Å². The summed E-state index contributed by atoms with van der Waals surface area (Å²) in [5.41, 5.74) is 0.174. The second-order valence-electron chi connectivity index (χ2n) is 5.58. The van der Waals surface area contributed by atoms with Crippen LogP contribution in [-0.2, 0) is 24.1 Å². The Bertz CT molecular complexity index is 910. The molecule has 0 atom stereocenters. The van der Waals surface area contributed by atoms with Gasteiger partial charge in [-0.3, -0.25) is 14.5 Å². The first-order valence-corrected chi connectivity index (χ1v) is 7.93. The number of ether oxygens (including phenoxy) is 1. The van der Waals surface area contributed by atoms with Gasteiger partial charge in [-0.1, -0.05) is 12.1 Å². The number of pyridine rings is 1. The second-order valence-corrected chi connectivity index (χ2v) is 5.58. The maximum Gasteiger partial charge on any atom is 0.435 e. The van der Waals surface area contributed by atoms with Crippen molar-refractivity contribution in [2.45, 2.75) is 19.3 Å². The molecule has 0 saturated carbocycles. The van der Waals surface area contributed by atoms with Gasteiger partial charge in [0.2, 0.25) is 5.91 Å². The quantitative estimate of drug-likeness (QED) is 0.715. The highest BCUT2D eigenvalue weighted by molar-refractivity contribution is 5.90. The van der Waals surface area contributed by atoms with Crippen molar-refractivity contribution in [3.63, 3.8) is 0 Å². The summed E-state index contributed by atoms with van der Waals surface area (Å²) in [6.45, 7) is -0.0686. The zero-order valence-corrected chi connectivity index (χ0v) is 14.0. The molecule has 0 radical (unpaired) electrons. The lowest BCUT2D eigenvalue weighted by Crippen LogP contribution is -2.19. The Hall–Kier alpha value is -3.36. The van der Waals surface area contributed by atoms with E-state index in [0.29, 0.717) is 11.4 Å². The van der Waals surface area contributed by atoms with Crippen molar-refractivity contribution in [2.75, 3.05) is 5.32 Å². The molecule has 1 aromatic carbocycles. The van der Waals surface area contributed by atoms with Crippen molar-refractivity contribution >= 4 is 11.6 Å². The molecule has 3 rings (SSSR count). The molecule has 0 aliphatic carbocycles. The van der Waals surface area contributed by atoms with Gasteiger partial charge in [0.1, 0.15) is 18.9 Å². The molecule has 0 fully saturated rings. The summed E-state index contributed by atoms with van der Waals surface area (Å²) in [6, 6.07) is 13.0. The first-order valence-electron chi connectivity index (χ1n) is 7.93. The lowest BCUT2D eigenvalue weighted by atomic mass is 10.3. The van der Waals surface area contributed by atoms with E-state index in [9.17, 15) is 18.0 Å². The number of hydrogen-bond acceptors (Lipinski definition) is 4. The van der Waals surface area contributed by atoms with Gasteiger partial charge in [-0.05, 0) is 30.3 Å². The number of nitrogens with one attached hydrogen (secondary N) is 1. The number of benzene rings is 1. The third kappa shape index (κ3) is 5.30. The van der Waals surface area contributed by atoms with Crippen LogP contribution in [0.25, 0.3) is 0 Å². The fourth-order valence-corrected chi connectivity index (χ4v) is 2.25. The summed E-state index contributed by atoms with van der Waals surface area (Å²) in [5.74, 6) is 0.0191. The summed E-state index contributed by atoms with van der Waals surface area (Å²) in [5, 5.41) is 5.94. The molecule has 0 unspecified atom stereocenters. The van der Waals surface area contributed by atoms with Crippen molar-refractivity contribution < 1.29 is 22.7 Å². The molecule has 2 aromatic heterocycles. The van der Waals surface area contributed by atoms with Crippen molar-refractivity contribution in [1.29, 1.82) is 0 Å². The number of nitrogens with zero attached hydrogens (tertiary/aromatic N) is 3. The van der Waals surface area contributed by atoms with Crippen LogP contribution in [-0.4, -0.2) is 20.7 Å². The lowest BCUT2D eigenvalue weighted by molar-refractivity contribution is -0.141. The van der Waals surface area contributed by atoms with Crippen LogP contribution in [0.3, 0.4) is 0 Å². The number of carbonyl (C=O) groups is 1. The molecule has 0 aliphatic rings. The predicted molar refractivity (Wildman–Crippen MR) is 90.9 cm³/mol. The van der Waals surface area contributed by atoms with Crippen LogP contribution in [0, 0.1) is 0 Å². The third-order valence-corrected chi connectivity index (χ3v) is 3.47. The third-order valence-electron chi connectivity index (χ3n) is 3.47. The number of rotatable bonds is 6. The molecule has 1 N–H and O–H groups in total. The molecule has 140 valence electrons. The summed E-state index contributed by atoms with van der Waals surface area (Å²) in [6.07, 6.45) is -1.77. The van der Waals surface area contributed by atoms with Gasteiger partial charge in [-0.15, -0.1) is 0 Å². The van der Waals surface area contributed by atoms with Crippen LogP contribution in [0.15, 0.2) is 60.9 Å². The van der Waals surface area contributed by atoms with Crippen molar-refractivity contribution in [3.8, 4) is 5.75 Å². The number of alkyl halides is 3. The lowest BCUT2D eigenvalue weighted by Gasteiger charge is -2.09. The van der Waals surface area contributed by atoms with E-state index >= 15 is 0 Å². The maximum atomic E-state index is 12.5. The molecular weight excluding hydrogens is 361 g/mol. The first-order chi connectivity index (χ1) is 12.9. The molecule has 27 heavy (non-hydrogen) atoms. The van der Waals surface area contributed by atoms with Crippen LogP contribution >= 0.6 is 0 Å². The summed E-state index contributed by atoms with van der Waals surface area (Å²) in [4.78, 5) is 16.2. The minimum Gasteiger partial charge on any atom is -0.487 e. The SMILES string of the molecule is O=C(Cn1ccc(C(F)(F)F)n1)Nc1cccc(OCc2ccccn2)c1. The highest BCUT2D eigenvalue weighted by Crippen LogP contribution is 2.27. The van der Waals surface area contributed by atoms with E-state index in [-0.39, 0.29) is 13.2 Å². The Morgan fingerprint density at radius 1 is 1.15 bits per heavy atom. The Labute approximate surface area is 152 Å². The molecule has 1 amide bonds. The van der Waals surface area contributed by atoms with Crippen LogP contribution in [0.5, 0.6) is 5.75 Å². The minimum absolute atomic E-state index is 0.270. The molecule has 2 heterocycles. The van der Waals surface area contributed by atoms with E-state index < -0.39 is 17.8 Å². The van der Waals surface area contributed by atoms with Crippen molar-refractivity contribution in [1.82, 2.24) is 14.8 Å².